The molecule has 2 bridgehead atoms. The zero-order chi connectivity index (χ0) is 51.7. The van der Waals surface area contributed by atoms with Crippen molar-refractivity contribution in [1.82, 2.24) is 0 Å². The van der Waals surface area contributed by atoms with E-state index in [2.05, 4.69) is 13.8 Å². The Hall–Kier alpha value is -3.51. The largest absolute Gasteiger partial charge is 0.459 e. The Morgan fingerprint density at radius 2 is 1.43 bits per heavy atom. The van der Waals surface area contributed by atoms with Crippen LogP contribution in [-0.2, 0) is 52.3 Å². The highest BCUT2D eigenvalue weighted by molar-refractivity contribution is 5.96. The molecule has 19 unspecified atom stereocenters. The third-order valence-corrected chi connectivity index (χ3v) is 14.8. The van der Waals surface area contributed by atoms with Crippen LogP contribution in [0.2, 0.25) is 0 Å². The quantitative estimate of drug-likeness (QED) is 0.0780. The molecule has 19 atom stereocenters. The van der Waals surface area contributed by atoms with Crippen molar-refractivity contribution < 1.29 is 72.7 Å². The first-order valence-corrected chi connectivity index (χ1v) is 25.6. The predicted octanol–water partition coefficient (Wildman–Crippen LogP) is 7.20. The van der Waals surface area contributed by atoms with Gasteiger partial charge in [0.1, 0.15) is 18.3 Å². The summed E-state index contributed by atoms with van der Waals surface area (Å²) in [6, 6.07) is 0. The molecule has 0 aromatic carbocycles. The lowest BCUT2D eigenvalue weighted by Crippen LogP contribution is -2.52. The summed E-state index contributed by atoms with van der Waals surface area (Å²) in [5.41, 5.74) is -0.0959. The smallest absolute Gasteiger partial charge is 0.334 e. The molecule has 4 rings (SSSR count). The fourth-order valence-corrected chi connectivity index (χ4v) is 9.78. The predicted molar refractivity (Wildman–Crippen MR) is 265 cm³/mol. The Morgan fingerprint density at radius 1 is 0.757 bits per heavy atom. The van der Waals surface area contributed by atoms with E-state index in [-0.39, 0.29) is 67.8 Å². The summed E-state index contributed by atoms with van der Waals surface area (Å²) in [6.07, 6.45) is 13.3. The molecule has 2 fully saturated rings. The van der Waals surface area contributed by atoms with E-state index >= 15 is 0 Å². The number of hydrogen-bond acceptors (Lipinski definition) is 15. The van der Waals surface area contributed by atoms with Crippen molar-refractivity contribution in [2.75, 3.05) is 21.3 Å². The molecule has 0 saturated carbocycles. The molecule has 396 valence electrons. The Labute approximate surface area is 417 Å². The minimum absolute atomic E-state index is 0.0210. The van der Waals surface area contributed by atoms with Crippen molar-refractivity contribution in [3.05, 3.63) is 72.4 Å². The minimum atomic E-state index is -1.70. The van der Waals surface area contributed by atoms with Gasteiger partial charge >= 0.3 is 17.9 Å². The lowest BCUT2D eigenvalue weighted by Gasteiger charge is -2.45. The molecule has 15 nitrogen and oxygen atoms in total. The van der Waals surface area contributed by atoms with Crippen molar-refractivity contribution in [2.45, 2.75) is 199 Å². The Kier molecular flexibility index (Phi) is 24.2. The van der Waals surface area contributed by atoms with Gasteiger partial charge in [-0.05, 0) is 38.5 Å². The molecule has 4 aliphatic heterocycles. The molecule has 4 aliphatic rings. The van der Waals surface area contributed by atoms with E-state index in [1.54, 1.807) is 51.3 Å². The van der Waals surface area contributed by atoms with E-state index in [0.29, 0.717) is 25.2 Å². The van der Waals surface area contributed by atoms with E-state index in [4.69, 9.17) is 37.9 Å². The zero-order valence-electron chi connectivity index (χ0n) is 43.6. The van der Waals surface area contributed by atoms with Gasteiger partial charge in [0, 0.05) is 94.3 Å². The van der Waals surface area contributed by atoms with E-state index in [0.717, 1.165) is 18.9 Å². The zero-order valence-corrected chi connectivity index (χ0v) is 43.6. The standard InChI is InChI=1S/C55H86O15/c1-12-19-36(5)51-53(68-51)52(65-11)39(8)45-22-18-27-55(69-45)32-48-38(7)44(59)30-42(57)33(2)20-16-14-13-15-17-21-46(64-10)47(67-54(62)37(6)28-50(61)66-48)31-43(58)34(3)23-25-40(63-9)29-41(56)35(4)24-26-49(60)70-55/h13-17,20,23-26,28,33-36,38-48,51-53,56-59H,12,18-19,21-22,27,29-32H2,1-11H3. The van der Waals surface area contributed by atoms with Crippen molar-refractivity contribution in [2.24, 2.45) is 35.5 Å². The SMILES string of the molecule is CCCC(C)C1OC1C(OC)C(C)C1CCCC2(CC3OC(=O)C=C(C)C(=O)OC(CC(O)C(C)C=CC(OC)CC(O)C(C)C=CC(=O)O2)C(OC)CC=CC=CC=CC(C)C(O)CC(O)C3C)O1. The van der Waals surface area contributed by atoms with Crippen molar-refractivity contribution >= 4 is 17.9 Å². The second-order valence-electron chi connectivity index (χ2n) is 20.4. The number of epoxide rings is 1. The summed E-state index contributed by atoms with van der Waals surface area (Å²) < 4.78 is 49.4. The highest BCUT2D eigenvalue weighted by atomic mass is 16.7. The fourth-order valence-electron chi connectivity index (χ4n) is 9.78. The van der Waals surface area contributed by atoms with E-state index in [9.17, 15) is 34.8 Å². The van der Waals surface area contributed by atoms with Crippen molar-refractivity contribution in [3.8, 4) is 0 Å². The maximum Gasteiger partial charge on any atom is 0.334 e. The van der Waals surface area contributed by atoms with Crippen LogP contribution in [0.15, 0.2) is 72.4 Å². The van der Waals surface area contributed by atoms with Crippen LogP contribution in [0, 0.1) is 35.5 Å². The van der Waals surface area contributed by atoms with Gasteiger partial charge in [0.05, 0.1) is 61.4 Å². The molecule has 70 heavy (non-hydrogen) atoms. The number of aliphatic hydroxyl groups is 4. The number of fused-ring (bicyclic) bond motifs is 6. The number of methoxy groups -OCH3 is 3. The van der Waals surface area contributed by atoms with Crippen LogP contribution in [0.4, 0.5) is 0 Å². The average molecular weight is 987 g/mol. The van der Waals surface area contributed by atoms with Crippen LogP contribution in [0.1, 0.15) is 120 Å². The van der Waals surface area contributed by atoms with E-state index in [1.807, 2.05) is 45.1 Å². The van der Waals surface area contributed by atoms with Crippen LogP contribution in [0.25, 0.3) is 0 Å². The Bertz CT molecular complexity index is 1820. The fraction of sp³-hybridized carbons (Fsp3) is 0.727. The topological polar surface area (TPSA) is 209 Å². The Morgan fingerprint density at radius 3 is 2.11 bits per heavy atom. The minimum Gasteiger partial charge on any atom is -0.459 e. The van der Waals surface area contributed by atoms with E-state index in [1.165, 1.54) is 27.2 Å². The van der Waals surface area contributed by atoms with Gasteiger partial charge in [-0.15, -0.1) is 0 Å². The lowest BCUT2D eigenvalue weighted by atomic mass is 9.83. The summed E-state index contributed by atoms with van der Waals surface area (Å²) in [5, 5.41) is 46.0. The molecular weight excluding hydrogens is 901 g/mol. The first-order valence-electron chi connectivity index (χ1n) is 25.6. The second-order valence-corrected chi connectivity index (χ2v) is 20.4. The summed E-state index contributed by atoms with van der Waals surface area (Å²) in [6.45, 7) is 14.9. The number of esters is 3. The molecule has 0 aromatic rings. The molecule has 0 aromatic heterocycles. The van der Waals surface area contributed by atoms with Gasteiger partial charge in [-0.3, -0.25) is 0 Å². The van der Waals surface area contributed by atoms with Crippen LogP contribution in [-0.4, -0.2) is 139 Å². The number of allylic oxidation sites excluding steroid dienone is 4. The van der Waals surface area contributed by atoms with Gasteiger partial charge in [0.15, 0.2) is 0 Å². The summed E-state index contributed by atoms with van der Waals surface area (Å²) in [7, 11) is 4.66. The van der Waals surface area contributed by atoms with Crippen LogP contribution in [0.3, 0.4) is 0 Å². The monoisotopic (exact) mass is 987 g/mol. The molecule has 4 heterocycles. The molecule has 0 radical (unpaired) electrons. The lowest BCUT2D eigenvalue weighted by molar-refractivity contribution is -0.289. The number of ether oxygens (including phenoxy) is 8. The van der Waals surface area contributed by atoms with Gasteiger partial charge in [-0.25, -0.2) is 14.4 Å². The molecule has 15 heteroatoms. The molecule has 1 spiro atoms. The first-order chi connectivity index (χ1) is 33.3. The summed E-state index contributed by atoms with van der Waals surface area (Å²) in [4.78, 5) is 42.1. The van der Waals surface area contributed by atoms with Crippen molar-refractivity contribution in [1.29, 1.82) is 0 Å². The van der Waals surface area contributed by atoms with E-state index < -0.39 is 96.4 Å². The molecule has 4 N–H and O–H groups in total. The number of carbonyl (C=O) groups is 3. The second kappa shape index (κ2) is 28.7. The number of aliphatic hydroxyl groups excluding tert-OH is 4. The van der Waals surface area contributed by atoms with Crippen LogP contribution < -0.4 is 0 Å². The highest BCUT2D eigenvalue weighted by Gasteiger charge is 2.53. The maximum atomic E-state index is 14.1. The molecule has 2 saturated heterocycles. The number of carbonyl (C=O) groups excluding carboxylic acids is 3. The first kappa shape index (κ1) is 59.1. The van der Waals surface area contributed by atoms with Crippen molar-refractivity contribution in [3.63, 3.8) is 0 Å². The van der Waals surface area contributed by atoms with Gasteiger partial charge in [-0.1, -0.05) is 110 Å². The molecule has 0 amide bonds. The number of hydrogen-bond donors (Lipinski definition) is 4. The normalized spacial score (nSPS) is 38.5. The van der Waals surface area contributed by atoms with Crippen LogP contribution in [0.5, 0.6) is 0 Å². The molecule has 0 aliphatic carbocycles. The van der Waals surface area contributed by atoms with Gasteiger partial charge in [-0.2, -0.15) is 0 Å². The van der Waals surface area contributed by atoms with Gasteiger partial charge in [0.25, 0.3) is 0 Å². The van der Waals surface area contributed by atoms with Gasteiger partial charge in [0.2, 0.25) is 5.79 Å². The highest BCUT2D eigenvalue weighted by Crippen LogP contribution is 2.44. The third kappa shape index (κ3) is 17.6. The maximum absolute atomic E-state index is 14.1. The van der Waals surface area contributed by atoms with Gasteiger partial charge < -0.3 is 58.3 Å². The molecular formula is C55H86O15. The van der Waals surface area contributed by atoms with Crippen LogP contribution >= 0.6 is 0 Å². The Balaban J connectivity index is 1.85. The summed E-state index contributed by atoms with van der Waals surface area (Å²) >= 11 is 0. The summed E-state index contributed by atoms with van der Waals surface area (Å²) in [5.74, 6) is -6.35. The third-order valence-electron chi connectivity index (χ3n) is 14.8. The average Bonchev–Trinajstić information content (AvgIpc) is 4.12. The number of rotatable bonds is 9.